The van der Waals surface area contributed by atoms with Crippen molar-refractivity contribution in [1.82, 2.24) is 14.7 Å². The fourth-order valence-electron chi connectivity index (χ4n) is 2.51. The fourth-order valence-corrected chi connectivity index (χ4v) is 2.63. The first-order chi connectivity index (χ1) is 10.4. The predicted octanol–water partition coefficient (Wildman–Crippen LogP) is 3.37. The lowest BCUT2D eigenvalue weighted by atomic mass is 10.1. The molecule has 0 aliphatic rings. The van der Waals surface area contributed by atoms with Crippen LogP contribution in [0.4, 0.5) is 0 Å². The highest BCUT2D eigenvalue weighted by Crippen LogP contribution is 2.16. The fraction of sp³-hybridized carbons (Fsp3) is 0.412. The first-order valence-electron chi connectivity index (χ1n) is 7.43. The van der Waals surface area contributed by atoms with Gasteiger partial charge in [0.25, 0.3) is 0 Å². The van der Waals surface area contributed by atoms with E-state index in [1.54, 1.807) is 4.90 Å². The monoisotopic (exact) mass is 319 g/mol. The van der Waals surface area contributed by atoms with Crippen LogP contribution >= 0.6 is 11.6 Å². The van der Waals surface area contributed by atoms with Crippen LogP contribution in [0.3, 0.4) is 0 Å². The van der Waals surface area contributed by atoms with Gasteiger partial charge in [-0.2, -0.15) is 5.10 Å². The summed E-state index contributed by atoms with van der Waals surface area (Å²) in [6.07, 6.45) is 0.383. The quantitative estimate of drug-likeness (QED) is 0.847. The molecule has 0 saturated carbocycles. The standard InChI is InChI=1S/C17H22ClN3O/c1-5-21-13(3)16(12(2)19-21)11-20(4)17(22)10-14-6-8-15(18)9-7-14/h6-9H,5,10-11H2,1-4H3. The highest BCUT2D eigenvalue weighted by Gasteiger charge is 2.16. The minimum absolute atomic E-state index is 0.0883. The van der Waals surface area contributed by atoms with Crippen molar-refractivity contribution >= 4 is 17.5 Å². The lowest BCUT2D eigenvalue weighted by Gasteiger charge is -2.17. The number of carbonyl (C=O) groups is 1. The van der Waals surface area contributed by atoms with Gasteiger partial charge in [0.2, 0.25) is 5.91 Å². The highest BCUT2D eigenvalue weighted by molar-refractivity contribution is 6.30. The Kier molecular flexibility index (Phi) is 5.24. The molecule has 1 aromatic heterocycles. The van der Waals surface area contributed by atoms with Gasteiger partial charge >= 0.3 is 0 Å². The normalized spacial score (nSPS) is 10.8. The van der Waals surface area contributed by atoms with Gasteiger partial charge in [-0.1, -0.05) is 23.7 Å². The van der Waals surface area contributed by atoms with E-state index in [4.69, 9.17) is 11.6 Å². The molecule has 0 spiro atoms. The summed E-state index contributed by atoms with van der Waals surface area (Å²) >= 11 is 5.86. The molecular formula is C17H22ClN3O. The molecule has 118 valence electrons. The van der Waals surface area contributed by atoms with Crippen molar-refractivity contribution in [2.45, 2.75) is 40.3 Å². The Morgan fingerprint density at radius 2 is 1.91 bits per heavy atom. The molecule has 5 heteroatoms. The van der Waals surface area contributed by atoms with Crippen molar-refractivity contribution in [2.24, 2.45) is 0 Å². The zero-order valence-corrected chi connectivity index (χ0v) is 14.3. The molecule has 1 heterocycles. The molecule has 2 aromatic rings. The zero-order chi connectivity index (χ0) is 16.3. The number of likely N-dealkylation sites (N-methyl/N-ethyl adjacent to an activating group) is 1. The molecule has 0 fully saturated rings. The molecular weight excluding hydrogens is 298 g/mol. The third-order valence-electron chi connectivity index (χ3n) is 3.92. The van der Waals surface area contributed by atoms with E-state index >= 15 is 0 Å². The van der Waals surface area contributed by atoms with Crippen LogP contribution in [-0.2, 0) is 24.3 Å². The van der Waals surface area contributed by atoms with Crippen molar-refractivity contribution in [2.75, 3.05) is 7.05 Å². The lowest BCUT2D eigenvalue weighted by molar-refractivity contribution is -0.129. The van der Waals surface area contributed by atoms with E-state index in [9.17, 15) is 4.79 Å². The average Bonchev–Trinajstić information content (AvgIpc) is 2.76. The zero-order valence-electron chi connectivity index (χ0n) is 13.6. The molecule has 0 radical (unpaired) electrons. The van der Waals surface area contributed by atoms with Crippen molar-refractivity contribution in [3.63, 3.8) is 0 Å². The van der Waals surface area contributed by atoms with Gasteiger partial charge in [-0.25, -0.2) is 0 Å². The molecule has 0 bridgehead atoms. The van der Waals surface area contributed by atoms with E-state index in [-0.39, 0.29) is 5.91 Å². The lowest BCUT2D eigenvalue weighted by Crippen LogP contribution is -2.28. The number of aromatic nitrogens is 2. The second-order valence-corrected chi connectivity index (χ2v) is 5.95. The summed E-state index contributed by atoms with van der Waals surface area (Å²) < 4.78 is 1.97. The molecule has 1 aromatic carbocycles. The summed E-state index contributed by atoms with van der Waals surface area (Å²) in [4.78, 5) is 14.1. The molecule has 0 aliphatic carbocycles. The number of hydrogen-bond donors (Lipinski definition) is 0. The topological polar surface area (TPSA) is 38.1 Å². The molecule has 1 amide bonds. The van der Waals surface area contributed by atoms with E-state index in [0.29, 0.717) is 18.0 Å². The summed E-state index contributed by atoms with van der Waals surface area (Å²) in [5.41, 5.74) is 4.23. The third kappa shape index (κ3) is 3.69. The first-order valence-corrected chi connectivity index (χ1v) is 7.81. The summed E-state index contributed by atoms with van der Waals surface area (Å²) in [7, 11) is 1.83. The number of hydrogen-bond acceptors (Lipinski definition) is 2. The third-order valence-corrected chi connectivity index (χ3v) is 4.17. The minimum Gasteiger partial charge on any atom is -0.341 e. The van der Waals surface area contributed by atoms with Crippen molar-refractivity contribution < 1.29 is 4.79 Å². The summed E-state index contributed by atoms with van der Waals surface area (Å²) in [5, 5.41) is 5.18. The van der Waals surface area contributed by atoms with Gasteiger partial charge in [-0.05, 0) is 38.5 Å². The summed E-state index contributed by atoms with van der Waals surface area (Å²) in [6, 6.07) is 7.40. The van der Waals surface area contributed by atoms with Crippen molar-refractivity contribution in [1.29, 1.82) is 0 Å². The maximum absolute atomic E-state index is 12.4. The Hall–Kier alpha value is -1.81. The van der Waals surface area contributed by atoms with Crippen LogP contribution < -0.4 is 0 Å². The van der Waals surface area contributed by atoms with Crippen LogP contribution in [0, 0.1) is 13.8 Å². The predicted molar refractivity (Wildman–Crippen MR) is 89.0 cm³/mol. The Morgan fingerprint density at radius 3 is 2.45 bits per heavy atom. The maximum atomic E-state index is 12.4. The number of aryl methyl sites for hydroxylation is 2. The average molecular weight is 320 g/mol. The van der Waals surface area contributed by atoms with Gasteiger partial charge in [-0.3, -0.25) is 9.48 Å². The molecule has 0 unspecified atom stereocenters. The second kappa shape index (κ2) is 6.97. The molecule has 0 atom stereocenters. The van der Waals surface area contributed by atoms with Crippen molar-refractivity contribution in [3.05, 3.63) is 51.8 Å². The van der Waals surface area contributed by atoms with Gasteiger partial charge in [0.05, 0.1) is 12.1 Å². The largest absolute Gasteiger partial charge is 0.341 e. The highest BCUT2D eigenvalue weighted by atomic mass is 35.5. The number of nitrogens with zero attached hydrogens (tertiary/aromatic N) is 3. The van der Waals surface area contributed by atoms with Crippen LogP contribution in [0.2, 0.25) is 5.02 Å². The number of amides is 1. The molecule has 0 saturated heterocycles. The van der Waals surface area contributed by atoms with Crippen LogP contribution in [0.15, 0.2) is 24.3 Å². The number of carbonyl (C=O) groups excluding carboxylic acids is 1. The molecule has 2 rings (SSSR count). The van der Waals surface area contributed by atoms with E-state index in [0.717, 1.165) is 29.1 Å². The summed E-state index contributed by atoms with van der Waals surface area (Å²) in [5.74, 6) is 0.0883. The van der Waals surface area contributed by atoms with Gasteiger partial charge < -0.3 is 4.90 Å². The van der Waals surface area contributed by atoms with Crippen LogP contribution in [0.5, 0.6) is 0 Å². The van der Waals surface area contributed by atoms with E-state index in [1.807, 2.05) is 42.9 Å². The molecule has 0 aliphatic heterocycles. The van der Waals surface area contributed by atoms with Crippen LogP contribution in [0.25, 0.3) is 0 Å². The molecule has 4 nitrogen and oxygen atoms in total. The Bertz CT molecular complexity index is 661. The van der Waals surface area contributed by atoms with E-state index < -0.39 is 0 Å². The van der Waals surface area contributed by atoms with Gasteiger partial charge in [0, 0.05) is 36.4 Å². The minimum atomic E-state index is 0.0883. The smallest absolute Gasteiger partial charge is 0.227 e. The van der Waals surface area contributed by atoms with Crippen LogP contribution in [0.1, 0.15) is 29.4 Å². The summed E-state index contributed by atoms with van der Waals surface area (Å²) in [6.45, 7) is 7.54. The Morgan fingerprint density at radius 1 is 1.27 bits per heavy atom. The molecule has 22 heavy (non-hydrogen) atoms. The van der Waals surface area contributed by atoms with E-state index in [1.165, 1.54) is 0 Å². The Labute approximate surface area is 136 Å². The first kappa shape index (κ1) is 16.6. The maximum Gasteiger partial charge on any atom is 0.227 e. The SMILES string of the molecule is CCn1nc(C)c(CN(C)C(=O)Cc2ccc(Cl)cc2)c1C. The van der Waals surface area contributed by atoms with Crippen molar-refractivity contribution in [3.8, 4) is 0 Å². The molecule has 0 N–H and O–H groups in total. The Balaban J connectivity index is 2.05. The number of rotatable bonds is 5. The van der Waals surface area contributed by atoms with Gasteiger partial charge in [0.15, 0.2) is 0 Å². The number of benzene rings is 1. The van der Waals surface area contributed by atoms with Crippen LogP contribution in [-0.4, -0.2) is 27.6 Å². The number of halogens is 1. The second-order valence-electron chi connectivity index (χ2n) is 5.52. The van der Waals surface area contributed by atoms with Gasteiger partial charge in [0.1, 0.15) is 0 Å². The van der Waals surface area contributed by atoms with E-state index in [2.05, 4.69) is 18.9 Å². The van der Waals surface area contributed by atoms with Gasteiger partial charge in [-0.15, -0.1) is 0 Å².